The number of rotatable bonds is 7. The maximum absolute atomic E-state index is 5.50. The molecule has 0 saturated carbocycles. The van der Waals surface area contributed by atoms with Crippen molar-refractivity contribution in [2.24, 2.45) is 0 Å². The van der Waals surface area contributed by atoms with Crippen LogP contribution in [0, 0.1) is 0 Å². The Hall–Kier alpha value is -1.58. The van der Waals surface area contributed by atoms with Gasteiger partial charge in [-0.2, -0.15) is 0 Å². The largest absolute Gasteiger partial charge is 0.468 e. The third-order valence-electron chi connectivity index (χ3n) is 2.87. The minimum absolute atomic E-state index is 0.192. The van der Waals surface area contributed by atoms with Crippen molar-refractivity contribution in [1.29, 1.82) is 0 Å². The Bertz CT molecular complexity index is 425. The first kappa shape index (κ1) is 12.9. The molecule has 96 valence electrons. The van der Waals surface area contributed by atoms with Crippen LogP contribution in [-0.4, -0.2) is 20.3 Å². The third-order valence-corrected chi connectivity index (χ3v) is 2.87. The summed E-state index contributed by atoms with van der Waals surface area (Å²) < 4.78 is 10.6. The van der Waals surface area contributed by atoms with E-state index in [0.717, 1.165) is 18.7 Å². The highest BCUT2D eigenvalue weighted by atomic mass is 16.5. The van der Waals surface area contributed by atoms with Crippen molar-refractivity contribution < 1.29 is 9.15 Å². The predicted octanol–water partition coefficient (Wildman–Crippen LogP) is 2.80. The van der Waals surface area contributed by atoms with Gasteiger partial charge < -0.3 is 14.5 Å². The highest BCUT2D eigenvalue weighted by molar-refractivity contribution is 5.18. The lowest BCUT2D eigenvalue weighted by molar-refractivity contribution is 0.194. The highest BCUT2D eigenvalue weighted by Gasteiger charge is 2.13. The van der Waals surface area contributed by atoms with Crippen molar-refractivity contribution in [3.63, 3.8) is 0 Å². The van der Waals surface area contributed by atoms with Crippen molar-refractivity contribution in [2.45, 2.75) is 12.5 Å². The molecule has 1 heterocycles. The van der Waals surface area contributed by atoms with Gasteiger partial charge in [-0.1, -0.05) is 30.3 Å². The number of benzene rings is 1. The molecule has 3 heteroatoms. The topological polar surface area (TPSA) is 34.4 Å². The zero-order chi connectivity index (χ0) is 12.6. The van der Waals surface area contributed by atoms with Crippen molar-refractivity contribution in [3.05, 3.63) is 60.1 Å². The Labute approximate surface area is 108 Å². The third kappa shape index (κ3) is 3.72. The fraction of sp³-hybridized carbons (Fsp3) is 0.333. The van der Waals surface area contributed by atoms with Gasteiger partial charge in [0, 0.05) is 13.7 Å². The molecule has 0 bridgehead atoms. The number of hydrogen-bond donors (Lipinski definition) is 1. The lowest BCUT2D eigenvalue weighted by Crippen LogP contribution is -2.26. The lowest BCUT2D eigenvalue weighted by Gasteiger charge is -2.16. The second-order valence-corrected chi connectivity index (χ2v) is 4.20. The molecule has 0 unspecified atom stereocenters. The summed E-state index contributed by atoms with van der Waals surface area (Å²) in [5, 5.41) is 3.45. The molecule has 0 spiro atoms. The smallest absolute Gasteiger partial charge is 0.121 e. The maximum atomic E-state index is 5.50. The van der Waals surface area contributed by atoms with E-state index in [1.54, 1.807) is 13.4 Å². The van der Waals surface area contributed by atoms with Crippen molar-refractivity contribution in [3.8, 4) is 0 Å². The number of methoxy groups -OCH3 is 1. The van der Waals surface area contributed by atoms with E-state index in [1.807, 2.05) is 18.2 Å². The van der Waals surface area contributed by atoms with Crippen LogP contribution in [0.4, 0.5) is 0 Å². The lowest BCUT2D eigenvalue weighted by atomic mass is 10.0. The van der Waals surface area contributed by atoms with Crippen LogP contribution in [-0.2, 0) is 11.2 Å². The molecule has 1 aromatic heterocycles. The summed E-state index contributed by atoms with van der Waals surface area (Å²) in [5.41, 5.74) is 1.30. The van der Waals surface area contributed by atoms with Crippen LogP contribution in [0.3, 0.4) is 0 Å². The fourth-order valence-corrected chi connectivity index (χ4v) is 1.95. The summed E-state index contributed by atoms with van der Waals surface area (Å²) in [4.78, 5) is 0. The van der Waals surface area contributed by atoms with Crippen LogP contribution in [0.5, 0.6) is 0 Å². The summed E-state index contributed by atoms with van der Waals surface area (Å²) in [6.07, 6.45) is 2.63. The molecule has 3 nitrogen and oxygen atoms in total. The summed E-state index contributed by atoms with van der Waals surface area (Å²) >= 11 is 0. The van der Waals surface area contributed by atoms with E-state index in [4.69, 9.17) is 9.15 Å². The Kier molecular flexibility index (Phi) is 5.00. The van der Waals surface area contributed by atoms with Gasteiger partial charge in [-0.05, 0) is 24.1 Å². The molecule has 0 saturated heterocycles. The van der Waals surface area contributed by atoms with E-state index >= 15 is 0 Å². The van der Waals surface area contributed by atoms with E-state index in [0.29, 0.717) is 6.61 Å². The quantitative estimate of drug-likeness (QED) is 0.762. The average molecular weight is 245 g/mol. The summed E-state index contributed by atoms with van der Waals surface area (Å²) in [5.74, 6) is 0.968. The highest BCUT2D eigenvalue weighted by Crippen LogP contribution is 2.18. The molecule has 2 aromatic rings. The first-order chi connectivity index (χ1) is 8.90. The van der Waals surface area contributed by atoms with Crippen LogP contribution in [0.15, 0.2) is 53.1 Å². The molecule has 0 aliphatic heterocycles. The zero-order valence-electron chi connectivity index (χ0n) is 10.6. The summed E-state index contributed by atoms with van der Waals surface area (Å²) in [6, 6.07) is 14.5. The molecule has 0 fully saturated rings. The predicted molar refractivity (Wildman–Crippen MR) is 71.5 cm³/mol. The number of nitrogens with one attached hydrogen (secondary N) is 1. The second-order valence-electron chi connectivity index (χ2n) is 4.20. The molecule has 1 aromatic carbocycles. The standard InChI is InChI=1S/C15H19NO2/c1-17-11-9-16-14(15-8-5-10-18-15)12-13-6-3-2-4-7-13/h2-8,10,14,16H,9,11-12H2,1H3/t14-/m1/s1. The molecule has 2 rings (SSSR count). The Morgan fingerprint density at radius 2 is 2.00 bits per heavy atom. The van der Waals surface area contributed by atoms with Gasteiger partial charge in [0.25, 0.3) is 0 Å². The molecule has 1 N–H and O–H groups in total. The van der Waals surface area contributed by atoms with Crippen LogP contribution in [0.1, 0.15) is 17.4 Å². The maximum Gasteiger partial charge on any atom is 0.121 e. The molecule has 0 aliphatic carbocycles. The minimum Gasteiger partial charge on any atom is -0.468 e. The van der Waals surface area contributed by atoms with Crippen molar-refractivity contribution in [1.82, 2.24) is 5.32 Å². The van der Waals surface area contributed by atoms with Crippen LogP contribution >= 0.6 is 0 Å². The monoisotopic (exact) mass is 245 g/mol. The average Bonchev–Trinajstić information content (AvgIpc) is 2.93. The molecular weight excluding hydrogens is 226 g/mol. The van der Waals surface area contributed by atoms with Crippen LogP contribution in [0.2, 0.25) is 0 Å². The minimum atomic E-state index is 0.192. The Balaban J connectivity index is 2.01. The molecule has 0 aliphatic rings. The zero-order valence-corrected chi connectivity index (χ0v) is 10.6. The van der Waals surface area contributed by atoms with Gasteiger partial charge in [-0.25, -0.2) is 0 Å². The van der Waals surface area contributed by atoms with E-state index < -0.39 is 0 Å². The summed E-state index contributed by atoms with van der Waals surface area (Å²) in [7, 11) is 1.71. The first-order valence-electron chi connectivity index (χ1n) is 6.20. The van der Waals surface area contributed by atoms with Gasteiger partial charge in [0.2, 0.25) is 0 Å². The molecule has 1 atom stereocenters. The van der Waals surface area contributed by atoms with Gasteiger partial charge in [-0.15, -0.1) is 0 Å². The first-order valence-corrected chi connectivity index (χ1v) is 6.20. The van der Waals surface area contributed by atoms with Gasteiger partial charge in [-0.3, -0.25) is 0 Å². The molecule has 0 radical (unpaired) electrons. The van der Waals surface area contributed by atoms with Crippen molar-refractivity contribution >= 4 is 0 Å². The number of ether oxygens (including phenoxy) is 1. The number of hydrogen-bond acceptors (Lipinski definition) is 3. The van der Waals surface area contributed by atoms with Gasteiger partial charge in [0.05, 0.1) is 18.9 Å². The van der Waals surface area contributed by atoms with Crippen molar-refractivity contribution in [2.75, 3.05) is 20.3 Å². The van der Waals surface area contributed by atoms with Gasteiger partial charge >= 0.3 is 0 Å². The molecule has 18 heavy (non-hydrogen) atoms. The van der Waals surface area contributed by atoms with E-state index in [1.165, 1.54) is 5.56 Å². The molecule has 0 amide bonds. The van der Waals surface area contributed by atoms with Gasteiger partial charge in [0.15, 0.2) is 0 Å². The van der Waals surface area contributed by atoms with E-state index in [2.05, 4.69) is 29.6 Å². The summed E-state index contributed by atoms with van der Waals surface area (Å²) in [6.45, 7) is 1.51. The number of furan rings is 1. The fourth-order valence-electron chi connectivity index (χ4n) is 1.95. The Morgan fingerprint density at radius 1 is 1.17 bits per heavy atom. The van der Waals surface area contributed by atoms with E-state index in [9.17, 15) is 0 Å². The second kappa shape index (κ2) is 6.99. The van der Waals surface area contributed by atoms with Crippen LogP contribution in [0.25, 0.3) is 0 Å². The van der Waals surface area contributed by atoms with E-state index in [-0.39, 0.29) is 6.04 Å². The van der Waals surface area contributed by atoms with Crippen LogP contribution < -0.4 is 5.32 Å². The van der Waals surface area contributed by atoms with Gasteiger partial charge in [0.1, 0.15) is 5.76 Å². The normalized spacial score (nSPS) is 12.5. The SMILES string of the molecule is COCCN[C@H](Cc1ccccc1)c1ccco1. The molecular formula is C15H19NO2. The Morgan fingerprint density at radius 3 is 2.67 bits per heavy atom.